The van der Waals surface area contributed by atoms with Gasteiger partial charge in [-0.05, 0) is 25.5 Å². The molecule has 0 radical (unpaired) electrons. The number of rotatable bonds is 5. The van der Waals surface area contributed by atoms with Crippen LogP contribution < -0.4 is 4.72 Å². The third-order valence-electron chi connectivity index (χ3n) is 2.09. The Morgan fingerprint density at radius 3 is 2.22 bits per heavy atom. The first-order valence-corrected chi connectivity index (χ1v) is 7.68. The predicted molar refractivity (Wildman–Crippen MR) is 73.0 cm³/mol. The van der Waals surface area contributed by atoms with Crippen LogP contribution in [0.2, 0.25) is 15.1 Å². The van der Waals surface area contributed by atoms with Crippen molar-refractivity contribution in [3.63, 3.8) is 0 Å². The Morgan fingerprint density at radius 1 is 1.28 bits per heavy atom. The van der Waals surface area contributed by atoms with Gasteiger partial charge in [0.05, 0.1) is 16.1 Å². The summed E-state index contributed by atoms with van der Waals surface area (Å²) in [7, 11) is -3.82. The third-order valence-corrected chi connectivity index (χ3v) is 4.69. The van der Waals surface area contributed by atoms with E-state index in [0.717, 1.165) is 0 Å². The minimum atomic E-state index is -3.82. The van der Waals surface area contributed by atoms with Crippen molar-refractivity contribution in [3.05, 3.63) is 27.2 Å². The second kappa shape index (κ2) is 6.41. The van der Waals surface area contributed by atoms with Crippen LogP contribution in [0, 0.1) is 0 Å². The van der Waals surface area contributed by atoms with E-state index in [9.17, 15) is 8.42 Å². The number of benzene rings is 1. The highest BCUT2D eigenvalue weighted by Gasteiger charge is 2.22. The second-order valence-corrected chi connectivity index (χ2v) is 6.69. The summed E-state index contributed by atoms with van der Waals surface area (Å²) in [4.78, 5) is -0.208. The van der Waals surface area contributed by atoms with Crippen molar-refractivity contribution < 1.29 is 13.5 Å². The van der Waals surface area contributed by atoms with Crippen LogP contribution in [0.5, 0.6) is 0 Å². The monoisotopic (exact) mass is 331 g/mol. The summed E-state index contributed by atoms with van der Waals surface area (Å²) in [5, 5.41) is 9.23. The molecule has 0 bridgehead atoms. The summed E-state index contributed by atoms with van der Waals surface area (Å²) >= 11 is 17.3. The van der Waals surface area contributed by atoms with Crippen molar-refractivity contribution in [2.45, 2.75) is 24.3 Å². The average Bonchev–Trinajstić information content (AvgIpc) is 2.13. The molecule has 1 aromatic rings. The molecule has 0 fully saturated rings. The van der Waals surface area contributed by atoms with Gasteiger partial charge in [-0.25, -0.2) is 13.1 Å². The fraction of sp³-hybridized carbons (Fsp3) is 0.400. The molecule has 1 rings (SSSR count). The Kier molecular flexibility index (Phi) is 5.70. The standard InChI is InChI=1S/C10H12Cl3NO3S/c1-6(15)2-3-14-18(16,17)10-8(12)4-7(11)5-9(10)13/h4-6,14-15H,2-3H2,1H3. The van der Waals surface area contributed by atoms with E-state index in [0.29, 0.717) is 6.42 Å². The van der Waals surface area contributed by atoms with Gasteiger partial charge in [0.15, 0.2) is 0 Å². The van der Waals surface area contributed by atoms with Gasteiger partial charge in [-0.1, -0.05) is 34.8 Å². The highest BCUT2D eigenvalue weighted by Crippen LogP contribution is 2.32. The van der Waals surface area contributed by atoms with Crippen LogP contribution in [-0.2, 0) is 10.0 Å². The quantitative estimate of drug-likeness (QED) is 0.871. The van der Waals surface area contributed by atoms with Crippen LogP contribution >= 0.6 is 34.8 Å². The number of hydrogen-bond donors (Lipinski definition) is 2. The molecule has 4 nitrogen and oxygen atoms in total. The number of sulfonamides is 1. The van der Waals surface area contributed by atoms with Gasteiger partial charge >= 0.3 is 0 Å². The van der Waals surface area contributed by atoms with Crippen molar-refractivity contribution in [3.8, 4) is 0 Å². The van der Waals surface area contributed by atoms with E-state index in [-0.39, 0.29) is 26.5 Å². The molecule has 102 valence electrons. The van der Waals surface area contributed by atoms with Gasteiger partial charge in [0.2, 0.25) is 10.0 Å². The highest BCUT2D eigenvalue weighted by atomic mass is 35.5. The Morgan fingerprint density at radius 2 is 1.78 bits per heavy atom. The smallest absolute Gasteiger partial charge is 0.243 e. The number of halogens is 3. The Bertz CT molecular complexity index is 508. The number of aliphatic hydroxyl groups is 1. The summed E-state index contributed by atoms with van der Waals surface area (Å²) < 4.78 is 26.2. The van der Waals surface area contributed by atoms with E-state index in [2.05, 4.69) is 4.72 Å². The topological polar surface area (TPSA) is 66.4 Å². The van der Waals surface area contributed by atoms with Crippen LogP contribution in [0.15, 0.2) is 17.0 Å². The second-order valence-electron chi connectivity index (χ2n) is 3.73. The van der Waals surface area contributed by atoms with Crippen LogP contribution in [-0.4, -0.2) is 26.2 Å². The molecule has 1 atom stereocenters. The molecule has 18 heavy (non-hydrogen) atoms. The third kappa shape index (κ3) is 4.26. The molecule has 8 heteroatoms. The van der Waals surface area contributed by atoms with E-state index >= 15 is 0 Å². The number of nitrogens with one attached hydrogen (secondary N) is 1. The summed E-state index contributed by atoms with van der Waals surface area (Å²) in [6, 6.07) is 2.61. The molecular formula is C10H12Cl3NO3S. The minimum absolute atomic E-state index is 0.0444. The van der Waals surface area contributed by atoms with Crippen molar-refractivity contribution in [2.24, 2.45) is 0 Å². The average molecular weight is 333 g/mol. The van der Waals surface area contributed by atoms with Crippen LogP contribution in [0.1, 0.15) is 13.3 Å². The summed E-state index contributed by atoms with van der Waals surface area (Å²) in [5.74, 6) is 0. The molecule has 2 N–H and O–H groups in total. The van der Waals surface area contributed by atoms with Crippen molar-refractivity contribution in [2.75, 3.05) is 6.54 Å². The summed E-state index contributed by atoms with van der Waals surface area (Å²) in [5.41, 5.74) is 0. The zero-order valence-electron chi connectivity index (χ0n) is 9.45. The Hall–Kier alpha value is -0.0400. The lowest BCUT2D eigenvalue weighted by atomic mass is 10.3. The summed E-state index contributed by atoms with van der Waals surface area (Å²) in [6.45, 7) is 1.66. The largest absolute Gasteiger partial charge is 0.393 e. The molecule has 0 amide bonds. The molecule has 1 unspecified atom stereocenters. The lowest BCUT2D eigenvalue weighted by Crippen LogP contribution is -2.27. The highest BCUT2D eigenvalue weighted by molar-refractivity contribution is 7.89. The Balaban J connectivity index is 2.99. The fourth-order valence-electron chi connectivity index (χ4n) is 1.26. The molecule has 0 spiro atoms. The van der Waals surface area contributed by atoms with Gasteiger partial charge < -0.3 is 5.11 Å². The maximum atomic E-state index is 12.0. The SMILES string of the molecule is CC(O)CCNS(=O)(=O)c1c(Cl)cc(Cl)cc1Cl. The van der Waals surface area contributed by atoms with Gasteiger partial charge in [-0.3, -0.25) is 0 Å². The molecule has 0 aliphatic carbocycles. The zero-order chi connectivity index (χ0) is 13.9. The van der Waals surface area contributed by atoms with E-state index in [1.807, 2.05) is 0 Å². The maximum absolute atomic E-state index is 12.0. The van der Waals surface area contributed by atoms with Gasteiger partial charge in [0.1, 0.15) is 4.90 Å². The molecular weight excluding hydrogens is 321 g/mol. The summed E-state index contributed by atoms with van der Waals surface area (Å²) in [6.07, 6.45) is -0.300. The normalized spacial score (nSPS) is 13.6. The van der Waals surface area contributed by atoms with Gasteiger partial charge in [-0.2, -0.15) is 0 Å². The van der Waals surface area contributed by atoms with Crippen molar-refractivity contribution in [1.82, 2.24) is 4.72 Å². The molecule has 0 aromatic heterocycles. The van der Waals surface area contributed by atoms with E-state index < -0.39 is 16.1 Å². The number of hydrogen-bond acceptors (Lipinski definition) is 3. The van der Waals surface area contributed by atoms with Crippen LogP contribution in [0.3, 0.4) is 0 Å². The predicted octanol–water partition coefficient (Wildman–Crippen LogP) is 2.70. The van der Waals surface area contributed by atoms with Crippen molar-refractivity contribution in [1.29, 1.82) is 0 Å². The first-order chi connectivity index (χ1) is 8.24. The fourth-order valence-corrected chi connectivity index (χ4v) is 3.85. The zero-order valence-corrected chi connectivity index (χ0v) is 12.5. The molecule has 1 aromatic carbocycles. The van der Waals surface area contributed by atoms with E-state index in [4.69, 9.17) is 39.9 Å². The van der Waals surface area contributed by atoms with E-state index in [1.54, 1.807) is 6.92 Å². The molecule has 0 saturated carbocycles. The maximum Gasteiger partial charge on any atom is 0.243 e. The van der Waals surface area contributed by atoms with Crippen molar-refractivity contribution >= 4 is 44.8 Å². The first-order valence-electron chi connectivity index (χ1n) is 5.06. The molecule has 0 saturated heterocycles. The molecule has 0 heterocycles. The first kappa shape index (κ1) is 16.0. The lowest BCUT2D eigenvalue weighted by Gasteiger charge is -2.11. The van der Waals surface area contributed by atoms with E-state index in [1.165, 1.54) is 12.1 Å². The van der Waals surface area contributed by atoms with Crippen LogP contribution in [0.25, 0.3) is 0 Å². The lowest BCUT2D eigenvalue weighted by molar-refractivity contribution is 0.186. The number of aliphatic hydroxyl groups excluding tert-OH is 1. The van der Waals surface area contributed by atoms with Gasteiger partial charge in [-0.15, -0.1) is 0 Å². The van der Waals surface area contributed by atoms with Gasteiger partial charge in [0, 0.05) is 11.6 Å². The Labute approximate surface area is 121 Å². The van der Waals surface area contributed by atoms with Crippen LogP contribution in [0.4, 0.5) is 0 Å². The molecule has 0 aliphatic rings. The van der Waals surface area contributed by atoms with Gasteiger partial charge in [0.25, 0.3) is 0 Å². The minimum Gasteiger partial charge on any atom is -0.393 e. The molecule has 0 aliphatic heterocycles.